The number of aliphatic hydroxyl groups is 1. The SMILES string of the molecule is COc1cc(F)c(Br)c(C(O)CN)c1OC. The molecule has 1 rings (SSSR count). The summed E-state index contributed by atoms with van der Waals surface area (Å²) in [5, 5.41) is 9.71. The van der Waals surface area contributed by atoms with E-state index in [4.69, 9.17) is 15.2 Å². The number of benzene rings is 1. The van der Waals surface area contributed by atoms with Crippen molar-refractivity contribution in [3.63, 3.8) is 0 Å². The van der Waals surface area contributed by atoms with E-state index in [9.17, 15) is 9.50 Å². The molecule has 1 aromatic rings. The molecule has 4 nitrogen and oxygen atoms in total. The molecular formula is C10H13BrFNO3. The molecule has 0 fully saturated rings. The van der Waals surface area contributed by atoms with Gasteiger partial charge in [-0.1, -0.05) is 0 Å². The first kappa shape index (κ1) is 13.2. The van der Waals surface area contributed by atoms with Crippen LogP contribution in [0.15, 0.2) is 10.5 Å². The third-order valence-electron chi connectivity index (χ3n) is 2.15. The number of methoxy groups -OCH3 is 2. The van der Waals surface area contributed by atoms with Crippen LogP contribution >= 0.6 is 15.9 Å². The van der Waals surface area contributed by atoms with E-state index < -0.39 is 11.9 Å². The minimum absolute atomic E-state index is 0.0401. The molecule has 1 atom stereocenters. The van der Waals surface area contributed by atoms with Gasteiger partial charge < -0.3 is 20.3 Å². The van der Waals surface area contributed by atoms with Gasteiger partial charge in [0.2, 0.25) is 0 Å². The number of hydrogen-bond donors (Lipinski definition) is 2. The van der Waals surface area contributed by atoms with Crippen molar-refractivity contribution < 1.29 is 19.0 Å². The summed E-state index contributed by atoms with van der Waals surface area (Å²) in [5.74, 6) is -0.0559. The Labute approximate surface area is 101 Å². The lowest BCUT2D eigenvalue weighted by molar-refractivity contribution is 0.179. The molecule has 0 saturated heterocycles. The zero-order chi connectivity index (χ0) is 12.3. The third kappa shape index (κ3) is 2.28. The quantitative estimate of drug-likeness (QED) is 0.885. The zero-order valence-corrected chi connectivity index (χ0v) is 10.5. The Bertz CT molecular complexity index is 387. The fraction of sp³-hybridized carbons (Fsp3) is 0.400. The molecule has 0 heterocycles. The van der Waals surface area contributed by atoms with Crippen molar-refractivity contribution in [1.82, 2.24) is 0 Å². The summed E-state index contributed by atoms with van der Waals surface area (Å²) in [6, 6.07) is 1.18. The number of halogens is 2. The highest BCUT2D eigenvalue weighted by molar-refractivity contribution is 9.10. The molecule has 0 amide bonds. The minimum Gasteiger partial charge on any atom is -0.493 e. The zero-order valence-electron chi connectivity index (χ0n) is 8.96. The van der Waals surface area contributed by atoms with Crippen LogP contribution in [0.25, 0.3) is 0 Å². The van der Waals surface area contributed by atoms with Gasteiger partial charge in [-0.25, -0.2) is 4.39 Å². The second-order valence-corrected chi connectivity index (χ2v) is 3.87. The van der Waals surface area contributed by atoms with Gasteiger partial charge in [0.1, 0.15) is 5.82 Å². The third-order valence-corrected chi connectivity index (χ3v) is 2.96. The van der Waals surface area contributed by atoms with Gasteiger partial charge in [0.15, 0.2) is 11.5 Å². The van der Waals surface area contributed by atoms with E-state index in [-0.39, 0.29) is 28.1 Å². The molecule has 0 radical (unpaired) electrons. The van der Waals surface area contributed by atoms with Crippen molar-refractivity contribution in [2.75, 3.05) is 20.8 Å². The predicted molar refractivity (Wildman–Crippen MR) is 61.2 cm³/mol. The van der Waals surface area contributed by atoms with Crippen LogP contribution in [0.4, 0.5) is 4.39 Å². The molecule has 3 N–H and O–H groups in total. The van der Waals surface area contributed by atoms with Crippen molar-refractivity contribution in [1.29, 1.82) is 0 Å². The van der Waals surface area contributed by atoms with E-state index in [2.05, 4.69) is 15.9 Å². The Kier molecular flexibility index (Phi) is 4.52. The van der Waals surface area contributed by atoms with Crippen molar-refractivity contribution in [2.24, 2.45) is 5.73 Å². The average Bonchev–Trinajstić information content (AvgIpc) is 2.30. The first-order valence-corrected chi connectivity index (χ1v) is 5.34. The fourth-order valence-electron chi connectivity index (χ4n) is 1.38. The van der Waals surface area contributed by atoms with Crippen LogP contribution in [0.2, 0.25) is 0 Å². The van der Waals surface area contributed by atoms with Gasteiger partial charge >= 0.3 is 0 Å². The van der Waals surface area contributed by atoms with Gasteiger partial charge in [0, 0.05) is 18.2 Å². The molecule has 0 aromatic heterocycles. The maximum atomic E-state index is 13.5. The van der Waals surface area contributed by atoms with E-state index in [1.54, 1.807) is 0 Å². The monoisotopic (exact) mass is 293 g/mol. The fourth-order valence-corrected chi connectivity index (χ4v) is 1.94. The Morgan fingerprint density at radius 3 is 2.56 bits per heavy atom. The largest absolute Gasteiger partial charge is 0.493 e. The van der Waals surface area contributed by atoms with E-state index in [1.165, 1.54) is 20.3 Å². The van der Waals surface area contributed by atoms with Gasteiger partial charge in [-0.3, -0.25) is 0 Å². The molecule has 1 aromatic carbocycles. The second-order valence-electron chi connectivity index (χ2n) is 3.07. The first-order valence-electron chi connectivity index (χ1n) is 4.54. The summed E-state index contributed by atoms with van der Waals surface area (Å²) in [4.78, 5) is 0. The van der Waals surface area contributed by atoms with Crippen LogP contribution in [0.1, 0.15) is 11.7 Å². The van der Waals surface area contributed by atoms with Gasteiger partial charge in [-0.05, 0) is 15.9 Å². The Balaban J connectivity index is 3.46. The summed E-state index contributed by atoms with van der Waals surface area (Å²) in [6.45, 7) is -0.0401. The predicted octanol–water partition coefficient (Wildman–Crippen LogP) is 1.60. The standard InChI is InChI=1S/C10H13BrFNO3/c1-15-7-3-5(12)9(11)8(6(14)4-13)10(7)16-2/h3,6,14H,4,13H2,1-2H3. The van der Waals surface area contributed by atoms with Crippen LogP contribution in [0.5, 0.6) is 11.5 Å². The molecule has 16 heavy (non-hydrogen) atoms. The van der Waals surface area contributed by atoms with Crippen LogP contribution in [-0.4, -0.2) is 25.9 Å². The average molecular weight is 294 g/mol. The summed E-state index contributed by atoms with van der Waals surface area (Å²) in [7, 11) is 2.80. The molecule has 0 bridgehead atoms. The van der Waals surface area contributed by atoms with Gasteiger partial charge in [-0.2, -0.15) is 0 Å². The Morgan fingerprint density at radius 2 is 2.12 bits per heavy atom. The topological polar surface area (TPSA) is 64.7 Å². The van der Waals surface area contributed by atoms with E-state index in [0.717, 1.165) is 0 Å². The number of ether oxygens (including phenoxy) is 2. The van der Waals surface area contributed by atoms with E-state index >= 15 is 0 Å². The second kappa shape index (κ2) is 5.47. The lowest BCUT2D eigenvalue weighted by Gasteiger charge is -2.18. The highest BCUT2D eigenvalue weighted by atomic mass is 79.9. The van der Waals surface area contributed by atoms with Crippen molar-refractivity contribution in [3.8, 4) is 11.5 Å². The number of aliphatic hydroxyl groups excluding tert-OH is 1. The molecular weight excluding hydrogens is 281 g/mol. The van der Waals surface area contributed by atoms with E-state index in [0.29, 0.717) is 0 Å². The Hall–Kier alpha value is -0.850. The lowest BCUT2D eigenvalue weighted by atomic mass is 10.1. The van der Waals surface area contributed by atoms with Crippen molar-refractivity contribution >= 4 is 15.9 Å². The number of hydrogen-bond acceptors (Lipinski definition) is 4. The maximum Gasteiger partial charge on any atom is 0.167 e. The Morgan fingerprint density at radius 1 is 1.50 bits per heavy atom. The molecule has 6 heteroatoms. The smallest absolute Gasteiger partial charge is 0.167 e. The summed E-state index contributed by atoms with van der Waals surface area (Å²) >= 11 is 3.05. The lowest BCUT2D eigenvalue weighted by Crippen LogP contribution is -2.14. The van der Waals surface area contributed by atoms with Crippen LogP contribution in [0, 0.1) is 5.82 Å². The molecule has 0 spiro atoms. The van der Waals surface area contributed by atoms with Gasteiger partial charge in [0.25, 0.3) is 0 Å². The molecule has 0 aliphatic rings. The van der Waals surface area contributed by atoms with Crippen molar-refractivity contribution in [3.05, 3.63) is 21.9 Å². The van der Waals surface area contributed by atoms with Crippen LogP contribution in [0.3, 0.4) is 0 Å². The molecule has 0 aliphatic carbocycles. The summed E-state index contributed by atoms with van der Waals surface area (Å²) in [5.41, 5.74) is 5.60. The minimum atomic E-state index is -1.02. The van der Waals surface area contributed by atoms with Crippen molar-refractivity contribution in [2.45, 2.75) is 6.10 Å². The van der Waals surface area contributed by atoms with Gasteiger partial charge in [0.05, 0.1) is 24.8 Å². The van der Waals surface area contributed by atoms with Crippen LogP contribution < -0.4 is 15.2 Å². The highest BCUT2D eigenvalue weighted by Gasteiger charge is 2.23. The van der Waals surface area contributed by atoms with E-state index in [1.807, 2.05) is 0 Å². The molecule has 0 aliphatic heterocycles. The number of nitrogens with two attached hydrogens (primary N) is 1. The molecule has 90 valence electrons. The maximum absolute atomic E-state index is 13.5. The van der Waals surface area contributed by atoms with Gasteiger partial charge in [-0.15, -0.1) is 0 Å². The highest BCUT2D eigenvalue weighted by Crippen LogP contribution is 2.41. The molecule has 1 unspecified atom stereocenters. The van der Waals surface area contributed by atoms with Crippen LogP contribution in [-0.2, 0) is 0 Å². The normalized spacial score (nSPS) is 12.4. The number of rotatable bonds is 4. The summed E-state index contributed by atoms with van der Waals surface area (Å²) in [6.07, 6.45) is -1.02. The first-order chi connectivity index (χ1) is 7.56. The summed E-state index contributed by atoms with van der Waals surface area (Å²) < 4.78 is 23.7. The molecule has 0 saturated carbocycles.